The molecule has 0 aromatic carbocycles. The molecule has 0 fully saturated rings. The Hall–Kier alpha value is -1.10. The first-order valence-electron chi connectivity index (χ1n) is 7.17. The lowest BCUT2D eigenvalue weighted by molar-refractivity contribution is -0.141. The van der Waals surface area contributed by atoms with Gasteiger partial charge in [0.25, 0.3) is 0 Å². The Labute approximate surface area is 115 Å². The number of carboxylic acids is 1. The van der Waals surface area contributed by atoms with Gasteiger partial charge in [-0.25, -0.2) is 0 Å². The van der Waals surface area contributed by atoms with Crippen LogP contribution in [0.25, 0.3) is 0 Å². The maximum absolute atomic E-state index is 11.7. The smallest absolute Gasteiger partial charge is 0.306 e. The third kappa shape index (κ3) is 8.59. The number of hydrogen-bond donors (Lipinski definition) is 3. The van der Waals surface area contributed by atoms with Crippen LogP contribution in [0.2, 0.25) is 0 Å². The van der Waals surface area contributed by atoms with Gasteiger partial charge in [0.2, 0.25) is 5.91 Å². The second kappa shape index (κ2) is 9.78. The van der Waals surface area contributed by atoms with Gasteiger partial charge in [0, 0.05) is 6.04 Å². The quantitative estimate of drug-likeness (QED) is 0.566. The number of unbranched alkanes of at least 4 members (excludes halogenated alkanes) is 1. The van der Waals surface area contributed by atoms with Crippen molar-refractivity contribution in [3.63, 3.8) is 0 Å². The maximum atomic E-state index is 11.7. The van der Waals surface area contributed by atoms with E-state index in [1.807, 2.05) is 6.92 Å². The highest BCUT2D eigenvalue weighted by Crippen LogP contribution is 2.09. The zero-order valence-corrected chi connectivity index (χ0v) is 12.3. The van der Waals surface area contributed by atoms with Crippen LogP contribution in [0.4, 0.5) is 0 Å². The molecule has 0 spiro atoms. The minimum absolute atomic E-state index is 0.0428. The van der Waals surface area contributed by atoms with Crippen molar-refractivity contribution in [1.82, 2.24) is 5.32 Å². The maximum Gasteiger partial charge on any atom is 0.306 e. The van der Waals surface area contributed by atoms with Crippen molar-refractivity contribution in [2.75, 3.05) is 0 Å². The summed E-state index contributed by atoms with van der Waals surface area (Å²) < 4.78 is 0. The molecule has 2 unspecified atom stereocenters. The Morgan fingerprint density at radius 2 is 1.79 bits per heavy atom. The van der Waals surface area contributed by atoms with E-state index in [1.165, 1.54) is 0 Å². The monoisotopic (exact) mass is 272 g/mol. The van der Waals surface area contributed by atoms with Gasteiger partial charge in [-0.3, -0.25) is 9.59 Å². The fourth-order valence-corrected chi connectivity index (χ4v) is 1.83. The molecule has 0 aliphatic heterocycles. The minimum Gasteiger partial charge on any atom is -0.481 e. The van der Waals surface area contributed by atoms with Crippen LogP contribution in [-0.4, -0.2) is 29.1 Å². The van der Waals surface area contributed by atoms with Gasteiger partial charge in [-0.15, -0.1) is 0 Å². The molecule has 1 amide bonds. The molecule has 0 aromatic rings. The van der Waals surface area contributed by atoms with E-state index in [2.05, 4.69) is 12.2 Å². The summed E-state index contributed by atoms with van der Waals surface area (Å²) in [4.78, 5) is 22.4. The fraction of sp³-hybridized carbons (Fsp3) is 0.857. The first-order chi connectivity index (χ1) is 8.88. The molecule has 0 saturated carbocycles. The molecule has 3 atom stereocenters. The molecule has 0 aromatic heterocycles. The highest BCUT2D eigenvalue weighted by atomic mass is 16.4. The van der Waals surface area contributed by atoms with Gasteiger partial charge in [-0.05, 0) is 26.2 Å². The molecule has 5 heteroatoms. The summed E-state index contributed by atoms with van der Waals surface area (Å²) in [7, 11) is 0. The highest BCUT2D eigenvalue weighted by Gasteiger charge is 2.16. The van der Waals surface area contributed by atoms with Crippen LogP contribution in [0.3, 0.4) is 0 Å². The van der Waals surface area contributed by atoms with Crippen LogP contribution >= 0.6 is 0 Å². The Balaban J connectivity index is 3.81. The summed E-state index contributed by atoms with van der Waals surface area (Å²) in [5, 5.41) is 11.6. The standard InChI is InChI=1S/C14H28N2O3/c1-4-5-9-12(15)13(17)16-11(3)8-6-7-10(2)14(18)19/h10-12H,4-9,15H2,1-3H3,(H,16,17)(H,18,19)/t10?,11?,12-/m0/s1. The van der Waals surface area contributed by atoms with Crippen LogP contribution in [0.1, 0.15) is 59.3 Å². The molecule has 0 bridgehead atoms. The summed E-state index contributed by atoms with van der Waals surface area (Å²) in [6, 6.07) is -0.387. The lowest BCUT2D eigenvalue weighted by atomic mass is 10.0. The molecule has 0 saturated heterocycles. The molecule has 112 valence electrons. The van der Waals surface area contributed by atoms with E-state index in [9.17, 15) is 9.59 Å². The number of nitrogens with two attached hydrogens (primary N) is 1. The molecular formula is C14H28N2O3. The first-order valence-corrected chi connectivity index (χ1v) is 7.17. The highest BCUT2D eigenvalue weighted by molar-refractivity contribution is 5.81. The number of carboxylic acid groups (broad SMARTS) is 1. The number of rotatable bonds is 10. The number of carbonyl (C=O) groups excluding carboxylic acids is 1. The molecular weight excluding hydrogens is 244 g/mol. The lowest BCUT2D eigenvalue weighted by Gasteiger charge is -2.17. The fourth-order valence-electron chi connectivity index (χ4n) is 1.83. The van der Waals surface area contributed by atoms with Gasteiger partial charge in [0.05, 0.1) is 12.0 Å². The third-order valence-corrected chi connectivity index (χ3v) is 3.29. The van der Waals surface area contributed by atoms with E-state index in [-0.39, 0.29) is 17.9 Å². The van der Waals surface area contributed by atoms with Crippen molar-refractivity contribution >= 4 is 11.9 Å². The Bertz CT molecular complexity index is 282. The molecule has 0 heterocycles. The van der Waals surface area contributed by atoms with Gasteiger partial charge < -0.3 is 16.2 Å². The minimum atomic E-state index is -0.765. The van der Waals surface area contributed by atoms with Crippen molar-refractivity contribution in [1.29, 1.82) is 0 Å². The molecule has 0 radical (unpaired) electrons. The van der Waals surface area contributed by atoms with E-state index in [4.69, 9.17) is 10.8 Å². The first kappa shape index (κ1) is 17.9. The molecule has 19 heavy (non-hydrogen) atoms. The van der Waals surface area contributed by atoms with E-state index in [0.29, 0.717) is 12.8 Å². The Kier molecular flexibility index (Phi) is 9.21. The van der Waals surface area contributed by atoms with Gasteiger partial charge in [-0.1, -0.05) is 33.1 Å². The summed E-state index contributed by atoms with van der Waals surface area (Å²) >= 11 is 0. The molecule has 5 nitrogen and oxygen atoms in total. The topological polar surface area (TPSA) is 92.4 Å². The van der Waals surface area contributed by atoms with Crippen molar-refractivity contribution in [2.45, 2.75) is 71.4 Å². The Morgan fingerprint density at radius 3 is 2.32 bits per heavy atom. The third-order valence-electron chi connectivity index (χ3n) is 3.29. The van der Waals surface area contributed by atoms with Crippen molar-refractivity contribution in [3.8, 4) is 0 Å². The summed E-state index contributed by atoms with van der Waals surface area (Å²) in [5.41, 5.74) is 5.78. The predicted octanol–water partition coefficient (Wildman–Crippen LogP) is 1.90. The van der Waals surface area contributed by atoms with Crippen LogP contribution in [0.5, 0.6) is 0 Å². The summed E-state index contributed by atoms with van der Waals surface area (Å²) in [6.07, 6.45) is 4.91. The number of hydrogen-bond acceptors (Lipinski definition) is 3. The SMILES string of the molecule is CCCC[C@H](N)C(=O)NC(C)CCCC(C)C(=O)O. The second-order valence-electron chi connectivity index (χ2n) is 5.33. The molecule has 0 rings (SSSR count). The van der Waals surface area contributed by atoms with E-state index < -0.39 is 12.0 Å². The van der Waals surface area contributed by atoms with E-state index in [1.54, 1.807) is 6.92 Å². The molecule has 4 N–H and O–H groups in total. The number of amides is 1. The summed E-state index contributed by atoms with van der Waals surface area (Å²) in [6.45, 7) is 5.69. The normalized spacial score (nSPS) is 15.6. The lowest BCUT2D eigenvalue weighted by Crippen LogP contribution is -2.44. The van der Waals surface area contributed by atoms with Gasteiger partial charge in [-0.2, -0.15) is 0 Å². The average molecular weight is 272 g/mol. The van der Waals surface area contributed by atoms with Gasteiger partial charge in [0.1, 0.15) is 0 Å². The van der Waals surface area contributed by atoms with Crippen molar-refractivity contribution < 1.29 is 14.7 Å². The molecule has 0 aliphatic rings. The number of carbonyl (C=O) groups is 2. The van der Waals surface area contributed by atoms with Crippen LogP contribution in [0.15, 0.2) is 0 Å². The van der Waals surface area contributed by atoms with Crippen LogP contribution < -0.4 is 11.1 Å². The molecule has 0 aliphatic carbocycles. The van der Waals surface area contributed by atoms with Gasteiger partial charge >= 0.3 is 5.97 Å². The number of nitrogens with one attached hydrogen (secondary N) is 1. The average Bonchev–Trinajstić information content (AvgIpc) is 2.35. The van der Waals surface area contributed by atoms with E-state index >= 15 is 0 Å². The van der Waals surface area contributed by atoms with Gasteiger partial charge in [0.15, 0.2) is 0 Å². The largest absolute Gasteiger partial charge is 0.481 e. The summed E-state index contributed by atoms with van der Waals surface area (Å²) in [5.74, 6) is -1.19. The Morgan fingerprint density at radius 1 is 1.16 bits per heavy atom. The van der Waals surface area contributed by atoms with E-state index in [0.717, 1.165) is 25.7 Å². The second-order valence-corrected chi connectivity index (χ2v) is 5.33. The van der Waals surface area contributed by atoms with Crippen molar-refractivity contribution in [2.24, 2.45) is 11.7 Å². The number of aliphatic carboxylic acids is 1. The zero-order chi connectivity index (χ0) is 14.8. The van der Waals surface area contributed by atoms with Crippen LogP contribution in [0, 0.1) is 5.92 Å². The predicted molar refractivity (Wildman–Crippen MR) is 75.8 cm³/mol. The van der Waals surface area contributed by atoms with Crippen molar-refractivity contribution in [3.05, 3.63) is 0 Å². The van der Waals surface area contributed by atoms with Crippen LogP contribution in [-0.2, 0) is 9.59 Å². The zero-order valence-electron chi connectivity index (χ0n) is 12.3.